The van der Waals surface area contributed by atoms with Crippen LogP contribution in [-0.4, -0.2) is 38.2 Å². The zero-order valence-electron chi connectivity index (χ0n) is 15.7. The number of carbonyl (C=O) groups excluding carboxylic acids is 1. The van der Waals surface area contributed by atoms with Gasteiger partial charge in [0.2, 0.25) is 5.82 Å². The van der Waals surface area contributed by atoms with Crippen LogP contribution in [0.15, 0.2) is 53.1 Å². The lowest BCUT2D eigenvalue weighted by molar-refractivity contribution is 0.0601. The van der Waals surface area contributed by atoms with Crippen LogP contribution < -0.4 is 0 Å². The minimum absolute atomic E-state index is 0.248. The van der Waals surface area contributed by atoms with Gasteiger partial charge in [0.15, 0.2) is 5.69 Å². The summed E-state index contributed by atoms with van der Waals surface area (Å²) in [6.45, 7) is 2.28. The standard InChI is InChI=1S/C20H16FN5O3/c1-12-17(23-25-26(12)11-13-6-8-16(21)9-7-13)18-22-19(29-24-18)14-4-3-5-15(10-14)20(27)28-2/h3-10H,11H2,1-2H3. The van der Waals surface area contributed by atoms with Crippen molar-refractivity contribution in [1.82, 2.24) is 25.1 Å². The molecule has 8 nitrogen and oxygen atoms in total. The van der Waals surface area contributed by atoms with Crippen LogP contribution in [-0.2, 0) is 11.3 Å². The molecule has 2 aromatic heterocycles. The summed E-state index contributed by atoms with van der Waals surface area (Å²) in [5.74, 6) is -0.212. The Morgan fingerprint density at radius 1 is 1.21 bits per heavy atom. The molecule has 0 aliphatic heterocycles. The lowest BCUT2D eigenvalue weighted by atomic mass is 10.1. The predicted octanol–water partition coefficient (Wildman–Crippen LogP) is 3.28. The number of hydrogen-bond acceptors (Lipinski definition) is 7. The molecule has 2 heterocycles. The highest BCUT2D eigenvalue weighted by Gasteiger charge is 2.18. The van der Waals surface area contributed by atoms with E-state index in [0.717, 1.165) is 11.3 Å². The molecule has 0 fully saturated rings. The molecule has 29 heavy (non-hydrogen) atoms. The van der Waals surface area contributed by atoms with Crippen molar-refractivity contribution in [3.63, 3.8) is 0 Å². The van der Waals surface area contributed by atoms with E-state index in [2.05, 4.69) is 20.5 Å². The number of benzene rings is 2. The highest BCUT2D eigenvalue weighted by Crippen LogP contribution is 2.24. The molecule has 9 heteroatoms. The first-order chi connectivity index (χ1) is 14.0. The minimum atomic E-state index is -0.453. The van der Waals surface area contributed by atoms with Gasteiger partial charge in [0.1, 0.15) is 5.82 Å². The second-order valence-corrected chi connectivity index (χ2v) is 6.30. The summed E-state index contributed by atoms with van der Waals surface area (Å²) in [5, 5.41) is 12.3. The molecule has 4 aromatic rings. The van der Waals surface area contributed by atoms with Gasteiger partial charge >= 0.3 is 5.97 Å². The van der Waals surface area contributed by atoms with Crippen LogP contribution >= 0.6 is 0 Å². The number of rotatable bonds is 5. The molecule has 0 aliphatic rings. The Morgan fingerprint density at radius 3 is 2.76 bits per heavy atom. The van der Waals surface area contributed by atoms with Gasteiger partial charge < -0.3 is 9.26 Å². The Kier molecular flexibility index (Phi) is 4.86. The van der Waals surface area contributed by atoms with Crippen molar-refractivity contribution in [3.05, 3.63) is 71.2 Å². The molecule has 0 spiro atoms. The van der Waals surface area contributed by atoms with Gasteiger partial charge in [-0.25, -0.2) is 13.9 Å². The van der Waals surface area contributed by atoms with Crippen LogP contribution in [0.2, 0.25) is 0 Å². The summed E-state index contributed by atoms with van der Waals surface area (Å²) >= 11 is 0. The fourth-order valence-corrected chi connectivity index (χ4v) is 2.81. The van der Waals surface area contributed by atoms with Crippen molar-refractivity contribution < 1.29 is 18.4 Å². The molecule has 0 amide bonds. The van der Waals surface area contributed by atoms with E-state index in [9.17, 15) is 9.18 Å². The molecular formula is C20H16FN5O3. The van der Waals surface area contributed by atoms with Gasteiger partial charge in [0.05, 0.1) is 24.9 Å². The van der Waals surface area contributed by atoms with Gasteiger partial charge in [-0.3, -0.25) is 0 Å². The van der Waals surface area contributed by atoms with Gasteiger partial charge in [-0.2, -0.15) is 4.98 Å². The molecule has 146 valence electrons. The van der Waals surface area contributed by atoms with Crippen molar-refractivity contribution in [3.8, 4) is 23.0 Å². The first kappa shape index (κ1) is 18.5. The van der Waals surface area contributed by atoms with Crippen molar-refractivity contribution in [1.29, 1.82) is 0 Å². The average Bonchev–Trinajstić information content (AvgIpc) is 3.36. The number of hydrogen-bond donors (Lipinski definition) is 0. The number of methoxy groups -OCH3 is 1. The lowest BCUT2D eigenvalue weighted by Crippen LogP contribution is -2.04. The molecule has 0 saturated heterocycles. The fraction of sp³-hybridized carbons (Fsp3) is 0.150. The molecule has 0 saturated carbocycles. The van der Waals surface area contributed by atoms with Crippen molar-refractivity contribution in [2.24, 2.45) is 0 Å². The van der Waals surface area contributed by atoms with E-state index in [1.165, 1.54) is 19.2 Å². The molecule has 2 aromatic carbocycles. The van der Waals surface area contributed by atoms with Crippen LogP contribution in [0.4, 0.5) is 4.39 Å². The smallest absolute Gasteiger partial charge is 0.337 e. The number of esters is 1. The maximum Gasteiger partial charge on any atom is 0.337 e. The number of nitrogens with zero attached hydrogens (tertiary/aromatic N) is 5. The summed E-state index contributed by atoms with van der Waals surface area (Å²) in [4.78, 5) is 16.1. The van der Waals surface area contributed by atoms with E-state index >= 15 is 0 Å². The van der Waals surface area contributed by atoms with Gasteiger partial charge in [0, 0.05) is 5.56 Å². The SMILES string of the molecule is COC(=O)c1cccc(-c2nc(-c3nnn(Cc4ccc(F)cc4)c3C)no2)c1. The van der Waals surface area contributed by atoms with E-state index in [1.54, 1.807) is 41.1 Å². The van der Waals surface area contributed by atoms with Crippen LogP contribution in [0.5, 0.6) is 0 Å². The van der Waals surface area contributed by atoms with Gasteiger partial charge in [-0.15, -0.1) is 5.10 Å². The highest BCUT2D eigenvalue weighted by molar-refractivity contribution is 5.90. The van der Waals surface area contributed by atoms with E-state index < -0.39 is 5.97 Å². The molecule has 0 bridgehead atoms. The minimum Gasteiger partial charge on any atom is -0.465 e. The normalized spacial score (nSPS) is 10.9. The van der Waals surface area contributed by atoms with E-state index in [0.29, 0.717) is 23.4 Å². The quantitative estimate of drug-likeness (QED) is 0.480. The Labute approximate surface area is 164 Å². The van der Waals surface area contributed by atoms with Gasteiger partial charge in [-0.1, -0.05) is 28.6 Å². The molecular weight excluding hydrogens is 377 g/mol. The zero-order chi connectivity index (χ0) is 20.4. The molecule has 4 rings (SSSR count). The third-order valence-corrected chi connectivity index (χ3v) is 4.40. The molecule has 0 unspecified atom stereocenters. The van der Waals surface area contributed by atoms with Crippen LogP contribution in [0.3, 0.4) is 0 Å². The highest BCUT2D eigenvalue weighted by atomic mass is 19.1. The maximum absolute atomic E-state index is 13.1. The van der Waals surface area contributed by atoms with Crippen molar-refractivity contribution in [2.75, 3.05) is 7.11 Å². The summed E-state index contributed by atoms with van der Waals surface area (Å²) < 4.78 is 24.8. The molecule has 0 N–H and O–H groups in total. The molecule has 0 atom stereocenters. The van der Waals surface area contributed by atoms with E-state index in [-0.39, 0.29) is 17.5 Å². The summed E-state index contributed by atoms with van der Waals surface area (Å²) in [6, 6.07) is 12.9. The lowest BCUT2D eigenvalue weighted by Gasteiger charge is -2.03. The first-order valence-corrected chi connectivity index (χ1v) is 8.72. The number of halogens is 1. The Balaban J connectivity index is 1.59. The second-order valence-electron chi connectivity index (χ2n) is 6.30. The Morgan fingerprint density at radius 2 is 2.00 bits per heavy atom. The largest absolute Gasteiger partial charge is 0.465 e. The predicted molar refractivity (Wildman–Crippen MR) is 100 cm³/mol. The Hall–Kier alpha value is -3.88. The molecule has 0 radical (unpaired) electrons. The summed E-state index contributed by atoms with van der Waals surface area (Å²) in [7, 11) is 1.32. The van der Waals surface area contributed by atoms with Gasteiger partial charge in [-0.05, 0) is 42.8 Å². The fourth-order valence-electron chi connectivity index (χ4n) is 2.81. The van der Waals surface area contributed by atoms with Crippen LogP contribution in [0.25, 0.3) is 23.0 Å². The van der Waals surface area contributed by atoms with E-state index in [4.69, 9.17) is 9.26 Å². The third kappa shape index (κ3) is 3.75. The number of ether oxygens (including phenoxy) is 1. The number of aromatic nitrogens is 5. The van der Waals surface area contributed by atoms with E-state index in [1.807, 2.05) is 6.92 Å². The monoisotopic (exact) mass is 393 g/mol. The van der Waals surface area contributed by atoms with Crippen molar-refractivity contribution in [2.45, 2.75) is 13.5 Å². The van der Waals surface area contributed by atoms with Crippen molar-refractivity contribution >= 4 is 5.97 Å². The van der Waals surface area contributed by atoms with Crippen LogP contribution in [0, 0.1) is 12.7 Å². The topological polar surface area (TPSA) is 95.9 Å². The van der Waals surface area contributed by atoms with Gasteiger partial charge in [0.25, 0.3) is 5.89 Å². The number of carbonyl (C=O) groups is 1. The average molecular weight is 393 g/mol. The zero-order valence-corrected chi connectivity index (χ0v) is 15.7. The maximum atomic E-state index is 13.1. The Bertz CT molecular complexity index is 1170. The van der Waals surface area contributed by atoms with Crippen LogP contribution in [0.1, 0.15) is 21.6 Å². The third-order valence-electron chi connectivity index (χ3n) is 4.40. The second kappa shape index (κ2) is 7.63. The molecule has 0 aliphatic carbocycles. The first-order valence-electron chi connectivity index (χ1n) is 8.72. The summed E-state index contributed by atoms with van der Waals surface area (Å²) in [5.41, 5.74) is 3.07. The summed E-state index contributed by atoms with van der Waals surface area (Å²) in [6.07, 6.45) is 0.